The van der Waals surface area contributed by atoms with E-state index in [0.29, 0.717) is 37.8 Å². The lowest BCUT2D eigenvalue weighted by Gasteiger charge is -1.95. The zero-order valence-corrected chi connectivity index (χ0v) is 9.31. The molecular weight excluding hydrogens is 212 g/mol. The Kier molecular flexibility index (Phi) is 5.49. The maximum atomic E-state index is 10.3. The zero-order chi connectivity index (χ0) is 11.8. The summed E-state index contributed by atoms with van der Waals surface area (Å²) in [6, 6.07) is 0. The summed E-state index contributed by atoms with van der Waals surface area (Å²) in [5.74, 6) is 0.234. The summed E-state index contributed by atoms with van der Waals surface area (Å²) < 4.78 is 10.4. The van der Waals surface area contributed by atoms with Gasteiger partial charge in [-0.05, 0) is 19.8 Å². The monoisotopic (exact) mass is 228 g/mol. The maximum Gasteiger partial charge on any atom is 0.303 e. The molecule has 0 saturated carbocycles. The van der Waals surface area contributed by atoms with Gasteiger partial charge < -0.3 is 14.3 Å². The van der Waals surface area contributed by atoms with Crippen LogP contribution in [0, 0.1) is 0 Å². The Morgan fingerprint density at radius 1 is 1.38 bits per heavy atom. The molecule has 0 bridgehead atoms. The van der Waals surface area contributed by atoms with Gasteiger partial charge in [0.15, 0.2) is 0 Å². The van der Waals surface area contributed by atoms with Crippen LogP contribution in [0.15, 0.2) is 4.42 Å². The van der Waals surface area contributed by atoms with E-state index in [-0.39, 0.29) is 6.42 Å². The smallest absolute Gasteiger partial charge is 0.303 e. The van der Waals surface area contributed by atoms with E-state index in [0.717, 1.165) is 6.42 Å². The van der Waals surface area contributed by atoms with Gasteiger partial charge in [0.1, 0.15) is 6.61 Å². The van der Waals surface area contributed by atoms with Crippen molar-refractivity contribution in [1.82, 2.24) is 10.2 Å². The lowest BCUT2D eigenvalue weighted by Crippen LogP contribution is -1.95. The van der Waals surface area contributed by atoms with E-state index in [9.17, 15) is 4.79 Å². The Morgan fingerprint density at radius 2 is 2.12 bits per heavy atom. The quantitative estimate of drug-likeness (QED) is 0.677. The minimum absolute atomic E-state index is 0.180. The standard InChI is InChI=1S/C10H16N2O4/c1-2-15-7-9-12-11-8(16-9)5-3-4-6-10(13)14/h2-7H2,1H3,(H,13,14). The SMILES string of the molecule is CCOCc1nnc(CCCCC(=O)O)o1. The van der Waals surface area contributed by atoms with Crippen LogP contribution < -0.4 is 0 Å². The van der Waals surface area contributed by atoms with Crippen LogP contribution in [0.4, 0.5) is 0 Å². The van der Waals surface area contributed by atoms with Crippen LogP contribution in [0.25, 0.3) is 0 Å². The largest absolute Gasteiger partial charge is 0.481 e. The molecule has 16 heavy (non-hydrogen) atoms. The molecule has 6 heteroatoms. The third-order valence-electron chi connectivity index (χ3n) is 1.97. The first-order valence-corrected chi connectivity index (χ1v) is 5.33. The van der Waals surface area contributed by atoms with Crippen LogP contribution in [0.2, 0.25) is 0 Å². The van der Waals surface area contributed by atoms with Crippen molar-refractivity contribution in [3.05, 3.63) is 11.8 Å². The fraction of sp³-hybridized carbons (Fsp3) is 0.700. The summed E-state index contributed by atoms with van der Waals surface area (Å²) in [4.78, 5) is 10.3. The molecule has 90 valence electrons. The van der Waals surface area contributed by atoms with Crippen LogP contribution in [0.3, 0.4) is 0 Å². The van der Waals surface area contributed by atoms with E-state index in [1.54, 1.807) is 0 Å². The number of carboxylic acid groups (broad SMARTS) is 1. The van der Waals surface area contributed by atoms with Crippen molar-refractivity contribution in [1.29, 1.82) is 0 Å². The Morgan fingerprint density at radius 3 is 2.81 bits per heavy atom. The Labute approximate surface area is 93.6 Å². The van der Waals surface area contributed by atoms with Gasteiger partial charge in [-0.25, -0.2) is 0 Å². The second-order valence-electron chi connectivity index (χ2n) is 3.33. The number of nitrogens with zero attached hydrogens (tertiary/aromatic N) is 2. The number of carboxylic acids is 1. The number of hydrogen-bond donors (Lipinski definition) is 1. The molecule has 6 nitrogen and oxygen atoms in total. The highest BCUT2D eigenvalue weighted by Crippen LogP contribution is 2.06. The third kappa shape index (κ3) is 4.88. The number of rotatable bonds is 8. The van der Waals surface area contributed by atoms with Crippen molar-refractivity contribution in [3.8, 4) is 0 Å². The lowest BCUT2D eigenvalue weighted by molar-refractivity contribution is -0.137. The molecule has 1 aromatic rings. The molecule has 1 N–H and O–H groups in total. The first kappa shape index (κ1) is 12.6. The van der Waals surface area contributed by atoms with Crippen molar-refractivity contribution in [2.75, 3.05) is 6.61 Å². The molecule has 0 fully saturated rings. The third-order valence-corrected chi connectivity index (χ3v) is 1.97. The van der Waals surface area contributed by atoms with Crippen LogP contribution >= 0.6 is 0 Å². The van der Waals surface area contributed by atoms with Gasteiger partial charge in [-0.3, -0.25) is 4.79 Å². The predicted molar refractivity (Wildman–Crippen MR) is 54.8 cm³/mol. The van der Waals surface area contributed by atoms with Crippen LogP contribution in [-0.4, -0.2) is 27.9 Å². The van der Waals surface area contributed by atoms with Gasteiger partial charge in [-0.1, -0.05) is 0 Å². The number of unbranched alkanes of at least 4 members (excludes halogenated alkanes) is 1. The van der Waals surface area contributed by atoms with Gasteiger partial charge in [-0.15, -0.1) is 10.2 Å². The molecule has 0 aliphatic heterocycles. The molecular formula is C10H16N2O4. The van der Waals surface area contributed by atoms with Crippen molar-refractivity contribution in [2.24, 2.45) is 0 Å². The number of ether oxygens (including phenoxy) is 1. The minimum atomic E-state index is -0.775. The second-order valence-corrected chi connectivity index (χ2v) is 3.33. The Balaban J connectivity index is 2.21. The zero-order valence-electron chi connectivity index (χ0n) is 9.31. The molecule has 0 spiro atoms. The highest BCUT2D eigenvalue weighted by atomic mass is 16.5. The number of aliphatic carboxylic acids is 1. The van der Waals surface area contributed by atoms with E-state index in [4.69, 9.17) is 14.3 Å². The van der Waals surface area contributed by atoms with E-state index in [2.05, 4.69) is 10.2 Å². The number of aryl methyl sites for hydroxylation is 1. The van der Waals surface area contributed by atoms with Gasteiger partial charge >= 0.3 is 5.97 Å². The number of aromatic nitrogens is 2. The first-order chi connectivity index (χ1) is 7.72. The van der Waals surface area contributed by atoms with Gasteiger partial charge in [0.25, 0.3) is 0 Å². The molecule has 0 atom stereocenters. The molecule has 1 rings (SSSR count). The van der Waals surface area contributed by atoms with Crippen LogP contribution in [0.1, 0.15) is 38.0 Å². The summed E-state index contributed by atoms with van der Waals surface area (Å²) in [7, 11) is 0. The van der Waals surface area contributed by atoms with Gasteiger partial charge in [0.2, 0.25) is 11.8 Å². The van der Waals surface area contributed by atoms with E-state index >= 15 is 0 Å². The van der Waals surface area contributed by atoms with Gasteiger partial charge in [0, 0.05) is 19.4 Å². The van der Waals surface area contributed by atoms with Gasteiger partial charge in [-0.2, -0.15) is 0 Å². The molecule has 0 aromatic carbocycles. The highest BCUT2D eigenvalue weighted by molar-refractivity contribution is 5.66. The molecule has 1 aromatic heterocycles. The molecule has 0 radical (unpaired) electrons. The van der Waals surface area contributed by atoms with Crippen molar-refractivity contribution in [2.45, 2.75) is 39.2 Å². The number of hydrogen-bond acceptors (Lipinski definition) is 5. The molecule has 0 saturated heterocycles. The highest BCUT2D eigenvalue weighted by Gasteiger charge is 2.06. The Bertz CT molecular complexity index is 324. The van der Waals surface area contributed by atoms with E-state index in [1.807, 2.05) is 6.92 Å². The predicted octanol–water partition coefficient (Wildman–Crippen LogP) is 1.40. The van der Waals surface area contributed by atoms with E-state index in [1.165, 1.54) is 0 Å². The maximum absolute atomic E-state index is 10.3. The molecule has 0 aliphatic rings. The van der Waals surface area contributed by atoms with Crippen molar-refractivity contribution >= 4 is 5.97 Å². The van der Waals surface area contributed by atoms with Crippen LogP contribution in [0.5, 0.6) is 0 Å². The van der Waals surface area contributed by atoms with Crippen LogP contribution in [-0.2, 0) is 22.6 Å². The average molecular weight is 228 g/mol. The summed E-state index contributed by atoms with van der Waals surface area (Å²) in [6.45, 7) is 2.83. The summed E-state index contributed by atoms with van der Waals surface area (Å²) >= 11 is 0. The van der Waals surface area contributed by atoms with Gasteiger partial charge in [0.05, 0.1) is 0 Å². The minimum Gasteiger partial charge on any atom is -0.481 e. The summed E-state index contributed by atoms with van der Waals surface area (Å²) in [5, 5.41) is 16.1. The first-order valence-electron chi connectivity index (χ1n) is 5.33. The summed E-state index contributed by atoms with van der Waals surface area (Å²) in [6.07, 6.45) is 2.16. The molecule has 1 heterocycles. The topological polar surface area (TPSA) is 85.5 Å². The van der Waals surface area contributed by atoms with Crippen molar-refractivity contribution < 1.29 is 19.1 Å². The molecule has 0 amide bonds. The normalized spacial score (nSPS) is 10.6. The lowest BCUT2D eigenvalue weighted by atomic mass is 10.2. The number of carbonyl (C=O) groups is 1. The Hall–Kier alpha value is -1.43. The second kappa shape index (κ2) is 6.95. The fourth-order valence-electron chi connectivity index (χ4n) is 1.19. The average Bonchev–Trinajstić information content (AvgIpc) is 2.69. The fourth-order valence-corrected chi connectivity index (χ4v) is 1.19. The molecule has 0 aliphatic carbocycles. The van der Waals surface area contributed by atoms with E-state index < -0.39 is 5.97 Å². The van der Waals surface area contributed by atoms with Crippen molar-refractivity contribution in [3.63, 3.8) is 0 Å². The molecule has 0 unspecified atom stereocenters. The summed E-state index contributed by atoms with van der Waals surface area (Å²) in [5.41, 5.74) is 0.